The zero-order valence-corrected chi connectivity index (χ0v) is 12.7. The molecule has 2 saturated heterocycles. The van der Waals surface area contributed by atoms with E-state index < -0.39 is 5.91 Å². The number of carbonyl (C=O) groups excluding carboxylic acids is 3. The molecule has 2 unspecified atom stereocenters. The molecule has 2 aliphatic heterocycles. The fourth-order valence-electron chi connectivity index (χ4n) is 2.78. The van der Waals surface area contributed by atoms with Crippen molar-refractivity contribution in [2.75, 3.05) is 32.7 Å². The lowest BCUT2D eigenvalue weighted by atomic mass is 10.1. The van der Waals surface area contributed by atoms with E-state index in [2.05, 4.69) is 29.4 Å². The number of hydrogen-bond donors (Lipinski definition) is 2. The van der Waals surface area contributed by atoms with Gasteiger partial charge in [0.2, 0.25) is 17.7 Å². The third-order valence-electron chi connectivity index (χ3n) is 4.02. The Hall–Kier alpha value is -1.47. The molecule has 2 N–H and O–H groups in total. The molecule has 2 fully saturated rings. The first-order valence-electron chi connectivity index (χ1n) is 7.53. The van der Waals surface area contributed by atoms with Crippen molar-refractivity contribution in [3.63, 3.8) is 0 Å². The fraction of sp³-hybridized carbons (Fsp3) is 0.786. The molecule has 7 nitrogen and oxygen atoms in total. The molecule has 0 aromatic rings. The molecule has 0 saturated carbocycles. The highest BCUT2D eigenvalue weighted by molar-refractivity contribution is 5.98. The summed E-state index contributed by atoms with van der Waals surface area (Å²) in [5.74, 6) is -0.708. The van der Waals surface area contributed by atoms with Crippen molar-refractivity contribution in [1.29, 1.82) is 0 Å². The molecule has 0 aliphatic carbocycles. The van der Waals surface area contributed by atoms with Crippen LogP contribution >= 0.6 is 0 Å². The average molecular weight is 296 g/mol. The number of rotatable bonds is 4. The topological polar surface area (TPSA) is 81.8 Å². The number of carbonyl (C=O) groups is 3. The Morgan fingerprint density at radius 3 is 2.67 bits per heavy atom. The molecule has 2 rings (SSSR count). The van der Waals surface area contributed by atoms with E-state index in [1.165, 1.54) is 4.90 Å². The second-order valence-electron chi connectivity index (χ2n) is 5.98. The van der Waals surface area contributed by atoms with Crippen LogP contribution < -0.4 is 10.6 Å². The Balaban J connectivity index is 1.75. The van der Waals surface area contributed by atoms with Gasteiger partial charge in [0.1, 0.15) is 0 Å². The Kier molecular flexibility index (Phi) is 5.30. The van der Waals surface area contributed by atoms with Crippen molar-refractivity contribution >= 4 is 17.7 Å². The Labute approximate surface area is 125 Å². The zero-order chi connectivity index (χ0) is 15.4. The molecule has 3 amide bonds. The first-order chi connectivity index (χ1) is 9.95. The molecular formula is C14H24N4O3. The Morgan fingerprint density at radius 1 is 1.29 bits per heavy atom. The molecule has 0 bridgehead atoms. The van der Waals surface area contributed by atoms with Crippen molar-refractivity contribution in [2.45, 2.75) is 38.8 Å². The van der Waals surface area contributed by atoms with Gasteiger partial charge in [0.15, 0.2) is 0 Å². The number of amides is 3. The van der Waals surface area contributed by atoms with E-state index in [0.29, 0.717) is 19.0 Å². The predicted octanol–water partition coefficient (Wildman–Crippen LogP) is -1.07. The van der Waals surface area contributed by atoms with Gasteiger partial charge in [0.25, 0.3) is 0 Å². The number of nitrogens with zero attached hydrogens (tertiary/aromatic N) is 2. The number of piperazine rings is 1. The maximum absolute atomic E-state index is 11.9. The Bertz CT molecular complexity index is 426. The van der Waals surface area contributed by atoms with E-state index in [-0.39, 0.29) is 30.9 Å². The van der Waals surface area contributed by atoms with Crippen molar-refractivity contribution in [3.05, 3.63) is 0 Å². The maximum atomic E-state index is 11.9. The monoisotopic (exact) mass is 296 g/mol. The molecule has 2 aliphatic rings. The van der Waals surface area contributed by atoms with Gasteiger partial charge in [0.05, 0.1) is 13.1 Å². The number of imide groups is 1. The van der Waals surface area contributed by atoms with Gasteiger partial charge in [-0.3, -0.25) is 24.6 Å². The highest BCUT2D eigenvalue weighted by atomic mass is 16.2. The molecule has 2 atom stereocenters. The number of hydrogen-bond acceptors (Lipinski definition) is 5. The van der Waals surface area contributed by atoms with Crippen LogP contribution in [0.1, 0.15) is 26.7 Å². The summed E-state index contributed by atoms with van der Waals surface area (Å²) in [7, 11) is 0. The van der Waals surface area contributed by atoms with E-state index in [0.717, 1.165) is 19.5 Å². The van der Waals surface area contributed by atoms with E-state index >= 15 is 0 Å². The quantitative estimate of drug-likeness (QED) is 0.691. The summed E-state index contributed by atoms with van der Waals surface area (Å²) in [6, 6.07) is 0.606. The molecule has 2 heterocycles. The third-order valence-corrected chi connectivity index (χ3v) is 4.02. The molecule has 118 valence electrons. The fourth-order valence-corrected chi connectivity index (χ4v) is 2.78. The van der Waals surface area contributed by atoms with Crippen LogP contribution in [-0.2, 0) is 14.4 Å². The van der Waals surface area contributed by atoms with Crippen LogP contribution in [0.5, 0.6) is 0 Å². The van der Waals surface area contributed by atoms with E-state index in [4.69, 9.17) is 0 Å². The minimum Gasteiger partial charge on any atom is -0.333 e. The van der Waals surface area contributed by atoms with Gasteiger partial charge < -0.3 is 10.2 Å². The van der Waals surface area contributed by atoms with Crippen molar-refractivity contribution < 1.29 is 14.4 Å². The van der Waals surface area contributed by atoms with E-state index in [1.807, 2.05) is 0 Å². The lowest BCUT2D eigenvalue weighted by Gasteiger charge is -2.36. The molecule has 21 heavy (non-hydrogen) atoms. The normalized spacial score (nSPS) is 27.0. The summed E-state index contributed by atoms with van der Waals surface area (Å²) in [5, 5.41) is 5.72. The van der Waals surface area contributed by atoms with Crippen LogP contribution in [0.2, 0.25) is 0 Å². The first kappa shape index (κ1) is 15.9. The number of nitrogens with one attached hydrogen (secondary N) is 2. The van der Waals surface area contributed by atoms with Crippen LogP contribution in [0.25, 0.3) is 0 Å². The van der Waals surface area contributed by atoms with Gasteiger partial charge in [0, 0.05) is 38.1 Å². The third kappa shape index (κ3) is 4.50. The van der Waals surface area contributed by atoms with Crippen molar-refractivity contribution in [3.8, 4) is 0 Å². The molecular weight excluding hydrogens is 272 g/mol. The zero-order valence-electron chi connectivity index (χ0n) is 12.7. The average Bonchev–Trinajstić information content (AvgIpc) is 2.79. The van der Waals surface area contributed by atoms with Crippen LogP contribution in [0.15, 0.2) is 0 Å². The van der Waals surface area contributed by atoms with Crippen LogP contribution in [0.3, 0.4) is 0 Å². The van der Waals surface area contributed by atoms with Crippen LogP contribution in [-0.4, -0.2) is 72.3 Å². The molecule has 7 heteroatoms. The van der Waals surface area contributed by atoms with E-state index in [9.17, 15) is 14.4 Å². The maximum Gasteiger partial charge on any atom is 0.246 e. The molecule has 0 aromatic heterocycles. The molecule has 0 radical (unpaired) electrons. The smallest absolute Gasteiger partial charge is 0.246 e. The highest BCUT2D eigenvalue weighted by Gasteiger charge is 2.26. The minimum absolute atomic E-state index is 0.0119. The van der Waals surface area contributed by atoms with Gasteiger partial charge in [-0.05, 0) is 20.3 Å². The Morgan fingerprint density at radius 2 is 2.00 bits per heavy atom. The van der Waals surface area contributed by atoms with Crippen molar-refractivity contribution in [1.82, 2.24) is 20.4 Å². The standard InChI is InChI=1S/C14H24N4O3/c1-10-7-18(11(2)6-15-10)9-13(20)16-12(19)8-17-5-3-4-14(17)21/h10-11,15H,3-9H2,1-2H3,(H,16,19,20). The van der Waals surface area contributed by atoms with Crippen LogP contribution in [0, 0.1) is 0 Å². The van der Waals surface area contributed by atoms with Gasteiger partial charge in [-0.1, -0.05) is 0 Å². The second kappa shape index (κ2) is 7.00. The largest absolute Gasteiger partial charge is 0.333 e. The summed E-state index contributed by atoms with van der Waals surface area (Å²) in [4.78, 5) is 38.7. The minimum atomic E-state index is -0.397. The van der Waals surface area contributed by atoms with Crippen molar-refractivity contribution in [2.24, 2.45) is 0 Å². The lowest BCUT2D eigenvalue weighted by Crippen LogP contribution is -2.57. The van der Waals surface area contributed by atoms with Gasteiger partial charge >= 0.3 is 0 Å². The highest BCUT2D eigenvalue weighted by Crippen LogP contribution is 2.08. The lowest BCUT2D eigenvalue weighted by molar-refractivity contribution is -0.136. The summed E-state index contributed by atoms with van der Waals surface area (Å²) in [6.45, 7) is 6.55. The van der Waals surface area contributed by atoms with Gasteiger partial charge in [-0.25, -0.2) is 0 Å². The SMILES string of the molecule is CC1CN(CC(=O)NC(=O)CN2CCCC2=O)C(C)CN1. The summed E-state index contributed by atoms with van der Waals surface area (Å²) in [6.07, 6.45) is 1.29. The predicted molar refractivity (Wildman–Crippen MR) is 77.5 cm³/mol. The van der Waals surface area contributed by atoms with Crippen LogP contribution in [0.4, 0.5) is 0 Å². The molecule has 0 aromatic carbocycles. The first-order valence-corrected chi connectivity index (χ1v) is 7.53. The van der Waals surface area contributed by atoms with E-state index in [1.54, 1.807) is 0 Å². The summed E-state index contributed by atoms with van der Waals surface area (Å²) in [5.41, 5.74) is 0. The number of likely N-dealkylation sites (tertiary alicyclic amines) is 1. The molecule has 0 spiro atoms. The second-order valence-corrected chi connectivity index (χ2v) is 5.98. The van der Waals surface area contributed by atoms with Gasteiger partial charge in [-0.2, -0.15) is 0 Å². The van der Waals surface area contributed by atoms with Gasteiger partial charge in [-0.15, -0.1) is 0 Å². The summed E-state index contributed by atoms with van der Waals surface area (Å²) >= 11 is 0. The summed E-state index contributed by atoms with van der Waals surface area (Å²) < 4.78 is 0.